The molecule has 7 heteroatoms. The summed E-state index contributed by atoms with van der Waals surface area (Å²) in [6.45, 7) is 7.11. The normalized spacial score (nSPS) is 15.9. The molecule has 3 rings (SSSR count). The van der Waals surface area contributed by atoms with Gasteiger partial charge in [-0.25, -0.2) is 0 Å². The van der Waals surface area contributed by atoms with Crippen molar-refractivity contribution in [2.45, 2.75) is 46.3 Å². The van der Waals surface area contributed by atoms with E-state index in [0.717, 1.165) is 22.6 Å². The van der Waals surface area contributed by atoms with Gasteiger partial charge in [0, 0.05) is 24.9 Å². The van der Waals surface area contributed by atoms with Crippen LogP contribution in [0, 0.1) is 5.41 Å². The summed E-state index contributed by atoms with van der Waals surface area (Å²) in [4.78, 5) is 20.6. The highest BCUT2D eigenvalue weighted by atomic mass is 35.5. The molecule has 2 aromatic rings. The minimum absolute atomic E-state index is 0.0851. The smallest absolute Gasteiger partial charge is 0.223 e. The Labute approximate surface area is 193 Å². The Morgan fingerprint density at radius 3 is 2.65 bits per heavy atom. The third kappa shape index (κ3) is 6.62. The first-order chi connectivity index (χ1) is 14.6. The lowest BCUT2D eigenvalue weighted by atomic mass is 9.91. The molecule has 31 heavy (non-hydrogen) atoms. The largest absolute Gasteiger partial charge is 0.497 e. The molecule has 1 atom stereocenters. The average Bonchev–Trinajstić information content (AvgIpc) is 3.17. The molecular weight excluding hydrogens is 435 g/mol. The van der Waals surface area contributed by atoms with Gasteiger partial charge in [0.05, 0.1) is 29.4 Å². The zero-order chi connectivity index (χ0) is 22.6. The first kappa shape index (κ1) is 23.4. The minimum Gasteiger partial charge on any atom is -0.497 e. The lowest BCUT2D eigenvalue weighted by Crippen LogP contribution is -2.38. The summed E-state index contributed by atoms with van der Waals surface area (Å²) in [5.41, 5.74) is 2.57. The van der Waals surface area contributed by atoms with Crippen LogP contribution in [0.2, 0.25) is 10.0 Å². The van der Waals surface area contributed by atoms with Gasteiger partial charge in [0.15, 0.2) is 6.10 Å². The molecule has 0 saturated heterocycles. The van der Waals surface area contributed by atoms with Crippen molar-refractivity contribution in [3.8, 4) is 5.75 Å². The first-order valence-corrected chi connectivity index (χ1v) is 11.0. The van der Waals surface area contributed by atoms with Crippen LogP contribution in [-0.4, -0.2) is 36.3 Å². The van der Waals surface area contributed by atoms with Gasteiger partial charge in [0.1, 0.15) is 5.75 Å². The summed E-state index contributed by atoms with van der Waals surface area (Å²) in [5, 5.41) is 5.21. The van der Waals surface area contributed by atoms with Crippen LogP contribution in [0.4, 0.5) is 0 Å². The summed E-state index contributed by atoms with van der Waals surface area (Å²) >= 11 is 12.2. The zero-order valence-corrected chi connectivity index (χ0v) is 19.8. The fourth-order valence-corrected chi connectivity index (χ4v) is 3.73. The maximum Gasteiger partial charge on any atom is 0.223 e. The van der Waals surface area contributed by atoms with Crippen molar-refractivity contribution in [2.75, 3.05) is 13.7 Å². The van der Waals surface area contributed by atoms with E-state index in [1.54, 1.807) is 19.2 Å². The van der Waals surface area contributed by atoms with Crippen LogP contribution in [0.1, 0.15) is 44.7 Å². The number of methoxy groups -OCH3 is 1. The molecule has 0 saturated carbocycles. The van der Waals surface area contributed by atoms with Crippen LogP contribution >= 0.6 is 23.2 Å². The number of carbonyl (C=O) groups excluding carboxylic acids is 1. The highest BCUT2D eigenvalue weighted by Gasteiger charge is 2.29. The van der Waals surface area contributed by atoms with Crippen LogP contribution in [-0.2, 0) is 16.2 Å². The lowest BCUT2D eigenvalue weighted by molar-refractivity contribution is -0.135. The monoisotopic (exact) mass is 462 g/mol. The standard InChI is InChI=1S/C24H28Cl2N2O3/c1-24(2,3)13-23(29)28(14-16-6-5-7-18(10-16)30-4)15-19-12-22(27-31-19)17-8-9-20(25)21(26)11-17/h5-11,19H,12-15H2,1-4H3. The summed E-state index contributed by atoms with van der Waals surface area (Å²) in [6, 6.07) is 13.2. The first-order valence-electron chi connectivity index (χ1n) is 10.2. The number of ether oxygens (including phenoxy) is 1. The van der Waals surface area contributed by atoms with Gasteiger partial charge in [-0.05, 0) is 35.2 Å². The molecular formula is C24H28Cl2N2O3. The number of carbonyl (C=O) groups is 1. The third-order valence-corrected chi connectivity index (χ3v) is 5.69. The summed E-state index contributed by atoms with van der Waals surface area (Å²) < 4.78 is 5.33. The number of rotatable bonds is 7. The van der Waals surface area contributed by atoms with Crippen LogP contribution in [0.15, 0.2) is 47.6 Å². The summed E-state index contributed by atoms with van der Waals surface area (Å²) in [6.07, 6.45) is 0.818. The summed E-state index contributed by atoms with van der Waals surface area (Å²) in [7, 11) is 1.63. The molecule has 1 aliphatic rings. The second-order valence-corrected chi connectivity index (χ2v) is 9.78. The van der Waals surface area contributed by atoms with E-state index in [2.05, 4.69) is 25.9 Å². The fraction of sp³-hybridized carbons (Fsp3) is 0.417. The van der Waals surface area contributed by atoms with Gasteiger partial charge in [0.2, 0.25) is 5.91 Å². The van der Waals surface area contributed by atoms with Crippen molar-refractivity contribution < 1.29 is 14.4 Å². The van der Waals surface area contributed by atoms with Crippen LogP contribution in [0.5, 0.6) is 5.75 Å². The number of hydrogen-bond acceptors (Lipinski definition) is 4. The molecule has 0 aromatic heterocycles. The van der Waals surface area contributed by atoms with E-state index in [-0.39, 0.29) is 17.4 Å². The number of oxime groups is 1. The minimum atomic E-state index is -0.223. The molecule has 5 nitrogen and oxygen atoms in total. The number of amides is 1. The van der Waals surface area contributed by atoms with E-state index < -0.39 is 0 Å². The van der Waals surface area contributed by atoms with Crippen molar-refractivity contribution >= 4 is 34.8 Å². The predicted octanol–water partition coefficient (Wildman–Crippen LogP) is 5.96. The maximum atomic E-state index is 13.1. The molecule has 1 heterocycles. The Balaban J connectivity index is 1.72. The number of halogens is 2. The quantitative estimate of drug-likeness (QED) is 0.509. The Kier molecular flexibility index (Phi) is 7.50. The Hall–Kier alpha value is -2.24. The fourth-order valence-electron chi connectivity index (χ4n) is 3.43. The van der Waals surface area contributed by atoms with E-state index in [1.165, 1.54) is 0 Å². The Bertz CT molecular complexity index is 970. The second-order valence-electron chi connectivity index (χ2n) is 8.96. The van der Waals surface area contributed by atoms with Crippen molar-refractivity contribution in [2.24, 2.45) is 10.6 Å². The molecule has 0 spiro atoms. The highest BCUT2D eigenvalue weighted by molar-refractivity contribution is 6.42. The molecule has 166 valence electrons. The molecule has 0 radical (unpaired) electrons. The molecule has 0 aliphatic carbocycles. The van der Waals surface area contributed by atoms with Gasteiger partial charge in [-0.15, -0.1) is 0 Å². The van der Waals surface area contributed by atoms with E-state index in [9.17, 15) is 4.79 Å². The second kappa shape index (κ2) is 9.92. The van der Waals surface area contributed by atoms with Gasteiger partial charge >= 0.3 is 0 Å². The third-order valence-electron chi connectivity index (χ3n) is 4.95. The SMILES string of the molecule is COc1cccc(CN(CC2CC(c3ccc(Cl)c(Cl)c3)=NO2)C(=O)CC(C)(C)C)c1. The van der Waals surface area contributed by atoms with Crippen molar-refractivity contribution in [1.29, 1.82) is 0 Å². The molecule has 0 N–H and O–H groups in total. The van der Waals surface area contributed by atoms with Crippen LogP contribution in [0.25, 0.3) is 0 Å². The van der Waals surface area contributed by atoms with Crippen molar-refractivity contribution in [1.82, 2.24) is 4.90 Å². The number of benzene rings is 2. The van der Waals surface area contributed by atoms with Gasteiger partial charge in [-0.3, -0.25) is 4.79 Å². The number of nitrogens with zero attached hydrogens (tertiary/aromatic N) is 2. The molecule has 1 unspecified atom stereocenters. The molecule has 1 amide bonds. The van der Waals surface area contributed by atoms with Crippen LogP contribution in [0.3, 0.4) is 0 Å². The molecule has 0 bridgehead atoms. The van der Waals surface area contributed by atoms with E-state index in [1.807, 2.05) is 35.2 Å². The maximum absolute atomic E-state index is 13.1. The zero-order valence-electron chi connectivity index (χ0n) is 18.3. The van der Waals surface area contributed by atoms with Crippen LogP contribution < -0.4 is 4.74 Å². The van der Waals surface area contributed by atoms with Gasteiger partial charge in [-0.2, -0.15) is 0 Å². The van der Waals surface area contributed by atoms with E-state index >= 15 is 0 Å². The van der Waals surface area contributed by atoms with E-state index in [0.29, 0.717) is 36.0 Å². The summed E-state index contributed by atoms with van der Waals surface area (Å²) in [5.74, 6) is 0.852. The number of hydrogen-bond donors (Lipinski definition) is 0. The average molecular weight is 463 g/mol. The Morgan fingerprint density at radius 1 is 1.19 bits per heavy atom. The molecule has 1 aliphatic heterocycles. The highest BCUT2D eigenvalue weighted by Crippen LogP contribution is 2.27. The Morgan fingerprint density at radius 2 is 1.97 bits per heavy atom. The van der Waals surface area contributed by atoms with Gasteiger partial charge in [-0.1, -0.05) is 67.3 Å². The molecule has 2 aromatic carbocycles. The lowest BCUT2D eigenvalue weighted by Gasteiger charge is -2.28. The predicted molar refractivity (Wildman–Crippen MR) is 125 cm³/mol. The van der Waals surface area contributed by atoms with Gasteiger partial charge in [0.25, 0.3) is 0 Å². The van der Waals surface area contributed by atoms with Gasteiger partial charge < -0.3 is 14.5 Å². The van der Waals surface area contributed by atoms with E-state index in [4.69, 9.17) is 32.8 Å². The van der Waals surface area contributed by atoms with Crippen molar-refractivity contribution in [3.05, 3.63) is 63.6 Å². The molecule has 0 fully saturated rings. The topological polar surface area (TPSA) is 51.1 Å². The van der Waals surface area contributed by atoms with Crippen molar-refractivity contribution in [3.63, 3.8) is 0 Å².